The van der Waals surface area contributed by atoms with E-state index in [-0.39, 0.29) is 5.41 Å². The van der Waals surface area contributed by atoms with E-state index in [9.17, 15) is 0 Å². The molecule has 0 atom stereocenters. The summed E-state index contributed by atoms with van der Waals surface area (Å²) in [6.07, 6.45) is 2.81. The minimum absolute atomic E-state index is 0.0430. The van der Waals surface area contributed by atoms with Gasteiger partial charge in [-0.1, -0.05) is 26.8 Å². The number of hydrogen-bond acceptors (Lipinski definition) is 3. The maximum Gasteiger partial charge on any atom is 0.137 e. The lowest BCUT2D eigenvalue weighted by Gasteiger charge is -2.17. The van der Waals surface area contributed by atoms with E-state index in [4.69, 9.17) is 0 Å². The van der Waals surface area contributed by atoms with Crippen LogP contribution in [-0.2, 0) is 5.41 Å². The highest BCUT2D eigenvalue weighted by atomic mass is 79.9. The molecule has 0 spiro atoms. The maximum absolute atomic E-state index is 4.49. The SMILES string of the molecule is C=CCCNc1cc(Br)nc(C(C)(C)C)n1. The summed E-state index contributed by atoms with van der Waals surface area (Å²) < 4.78 is 0.813. The van der Waals surface area contributed by atoms with Crippen molar-refractivity contribution in [1.82, 2.24) is 9.97 Å². The van der Waals surface area contributed by atoms with Crippen LogP contribution in [0.15, 0.2) is 23.3 Å². The Morgan fingerprint density at radius 3 is 2.69 bits per heavy atom. The van der Waals surface area contributed by atoms with Crippen molar-refractivity contribution in [2.75, 3.05) is 11.9 Å². The van der Waals surface area contributed by atoms with E-state index in [0.29, 0.717) is 0 Å². The number of nitrogens with zero attached hydrogens (tertiary/aromatic N) is 2. The highest BCUT2D eigenvalue weighted by Crippen LogP contribution is 2.22. The summed E-state index contributed by atoms with van der Waals surface area (Å²) in [7, 11) is 0. The summed E-state index contributed by atoms with van der Waals surface area (Å²) in [5.41, 5.74) is -0.0430. The molecule has 0 aliphatic heterocycles. The van der Waals surface area contributed by atoms with Crippen LogP contribution in [0.1, 0.15) is 33.0 Å². The Labute approximate surface area is 106 Å². The molecule has 1 aromatic heterocycles. The topological polar surface area (TPSA) is 37.8 Å². The van der Waals surface area contributed by atoms with Gasteiger partial charge in [0.2, 0.25) is 0 Å². The number of rotatable bonds is 4. The van der Waals surface area contributed by atoms with Crippen molar-refractivity contribution in [2.45, 2.75) is 32.6 Å². The van der Waals surface area contributed by atoms with Crippen LogP contribution in [-0.4, -0.2) is 16.5 Å². The van der Waals surface area contributed by atoms with Gasteiger partial charge in [-0.2, -0.15) is 0 Å². The van der Waals surface area contributed by atoms with E-state index in [1.807, 2.05) is 12.1 Å². The molecular formula is C12H18BrN3. The van der Waals surface area contributed by atoms with Gasteiger partial charge in [0, 0.05) is 18.0 Å². The van der Waals surface area contributed by atoms with E-state index in [0.717, 1.165) is 29.2 Å². The van der Waals surface area contributed by atoms with Crippen molar-refractivity contribution in [1.29, 1.82) is 0 Å². The fourth-order valence-corrected chi connectivity index (χ4v) is 1.53. The molecule has 0 radical (unpaired) electrons. The van der Waals surface area contributed by atoms with E-state index >= 15 is 0 Å². The van der Waals surface area contributed by atoms with Gasteiger partial charge in [-0.25, -0.2) is 9.97 Å². The zero-order valence-electron chi connectivity index (χ0n) is 10.0. The van der Waals surface area contributed by atoms with Crippen molar-refractivity contribution in [3.8, 4) is 0 Å². The highest BCUT2D eigenvalue weighted by molar-refractivity contribution is 9.10. The molecule has 0 aromatic carbocycles. The van der Waals surface area contributed by atoms with Crippen LogP contribution in [0.4, 0.5) is 5.82 Å². The van der Waals surface area contributed by atoms with E-state index in [2.05, 4.69) is 58.6 Å². The molecule has 4 heteroatoms. The molecule has 16 heavy (non-hydrogen) atoms. The van der Waals surface area contributed by atoms with Gasteiger partial charge in [0.1, 0.15) is 16.2 Å². The Hall–Kier alpha value is -0.900. The summed E-state index contributed by atoms with van der Waals surface area (Å²) in [6.45, 7) is 10.8. The molecule has 0 bridgehead atoms. The van der Waals surface area contributed by atoms with Crippen molar-refractivity contribution in [3.63, 3.8) is 0 Å². The van der Waals surface area contributed by atoms with Crippen LogP contribution < -0.4 is 5.32 Å². The first kappa shape index (κ1) is 13.2. The van der Waals surface area contributed by atoms with E-state index in [1.54, 1.807) is 0 Å². The van der Waals surface area contributed by atoms with Crippen molar-refractivity contribution in [2.24, 2.45) is 0 Å². The third-order valence-electron chi connectivity index (χ3n) is 2.02. The number of aromatic nitrogens is 2. The highest BCUT2D eigenvalue weighted by Gasteiger charge is 2.18. The first-order valence-electron chi connectivity index (χ1n) is 5.33. The summed E-state index contributed by atoms with van der Waals surface area (Å²) in [5, 5.41) is 3.25. The standard InChI is InChI=1S/C12H18BrN3/c1-5-6-7-14-10-8-9(13)15-11(16-10)12(2,3)4/h5,8H,1,6-7H2,2-4H3,(H,14,15,16). The van der Waals surface area contributed by atoms with Crippen LogP contribution in [0.2, 0.25) is 0 Å². The number of anilines is 1. The van der Waals surface area contributed by atoms with Gasteiger partial charge in [0.15, 0.2) is 0 Å². The predicted octanol–water partition coefficient (Wildman–Crippen LogP) is 3.52. The van der Waals surface area contributed by atoms with Crippen molar-refractivity contribution in [3.05, 3.63) is 29.1 Å². The van der Waals surface area contributed by atoms with Crippen LogP contribution in [0.3, 0.4) is 0 Å². The lowest BCUT2D eigenvalue weighted by atomic mass is 9.96. The van der Waals surface area contributed by atoms with Gasteiger partial charge in [0.05, 0.1) is 0 Å². The average Bonchev–Trinajstić information content (AvgIpc) is 2.16. The molecule has 0 aliphatic rings. The molecule has 0 saturated heterocycles. The van der Waals surface area contributed by atoms with Crippen molar-refractivity contribution >= 4 is 21.7 Å². The largest absolute Gasteiger partial charge is 0.370 e. The molecule has 0 aliphatic carbocycles. The lowest BCUT2D eigenvalue weighted by molar-refractivity contribution is 0.544. The van der Waals surface area contributed by atoms with Gasteiger partial charge < -0.3 is 5.32 Å². The Balaban J connectivity index is 2.86. The zero-order valence-corrected chi connectivity index (χ0v) is 11.6. The van der Waals surface area contributed by atoms with Gasteiger partial charge in [-0.15, -0.1) is 6.58 Å². The molecule has 0 amide bonds. The summed E-state index contributed by atoms with van der Waals surface area (Å²) in [5.74, 6) is 1.69. The third kappa shape index (κ3) is 3.93. The van der Waals surface area contributed by atoms with Gasteiger partial charge >= 0.3 is 0 Å². The molecule has 88 valence electrons. The minimum Gasteiger partial charge on any atom is -0.370 e. The maximum atomic E-state index is 4.49. The fraction of sp³-hybridized carbons (Fsp3) is 0.500. The van der Waals surface area contributed by atoms with Gasteiger partial charge in [0.25, 0.3) is 0 Å². The molecule has 1 aromatic rings. The predicted molar refractivity (Wildman–Crippen MR) is 71.7 cm³/mol. The molecule has 0 fully saturated rings. The van der Waals surface area contributed by atoms with Crippen LogP contribution in [0.25, 0.3) is 0 Å². The number of hydrogen-bond donors (Lipinski definition) is 1. The van der Waals surface area contributed by atoms with Crippen LogP contribution in [0, 0.1) is 0 Å². The Kier molecular flexibility index (Phi) is 4.47. The molecular weight excluding hydrogens is 266 g/mol. The first-order valence-corrected chi connectivity index (χ1v) is 6.12. The first-order chi connectivity index (χ1) is 7.43. The van der Waals surface area contributed by atoms with Gasteiger partial charge in [-0.3, -0.25) is 0 Å². The molecule has 1 heterocycles. The molecule has 0 unspecified atom stereocenters. The monoisotopic (exact) mass is 283 g/mol. The van der Waals surface area contributed by atoms with Crippen molar-refractivity contribution < 1.29 is 0 Å². The second-order valence-corrected chi connectivity index (χ2v) is 5.47. The van der Waals surface area contributed by atoms with E-state index < -0.39 is 0 Å². The summed E-state index contributed by atoms with van der Waals surface area (Å²) in [6, 6.07) is 1.89. The zero-order chi connectivity index (χ0) is 12.2. The van der Waals surface area contributed by atoms with Gasteiger partial charge in [-0.05, 0) is 22.4 Å². The second kappa shape index (κ2) is 5.43. The van der Waals surface area contributed by atoms with Crippen LogP contribution >= 0.6 is 15.9 Å². The fourth-order valence-electron chi connectivity index (χ4n) is 1.15. The summed E-state index contributed by atoms with van der Waals surface area (Å²) >= 11 is 3.40. The second-order valence-electron chi connectivity index (χ2n) is 4.65. The molecule has 1 rings (SSSR count). The molecule has 1 N–H and O–H groups in total. The summed E-state index contributed by atoms with van der Waals surface area (Å²) in [4.78, 5) is 8.87. The number of halogens is 1. The molecule has 0 saturated carbocycles. The Morgan fingerprint density at radius 2 is 2.12 bits per heavy atom. The quantitative estimate of drug-likeness (QED) is 0.522. The smallest absolute Gasteiger partial charge is 0.137 e. The third-order valence-corrected chi connectivity index (χ3v) is 2.43. The Morgan fingerprint density at radius 1 is 1.44 bits per heavy atom. The normalized spacial score (nSPS) is 11.2. The molecule has 3 nitrogen and oxygen atoms in total. The minimum atomic E-state index is -0.0430. The average molecular weight is 284 g/mol. The lowest BCUT2D eigenvalue weighted by Crippen LogP contribution is -2.17. The number of nitrogens with one attached hydrogen (secondary N) is 1. The van der Waals surface area contributed by atoms with E-state index in [1.165, 1.54) is 0 Å². The van der Waals surface area contributed by atoms with Crippen LogP contribution in [0.5, 0.6) is 0 Å². The Bertz CT molecular complexity index is 369.